The molecule has 1 heterocycles. The number of aromatic nitrogens is 1. The van der Waals surface area contributed by atoms with Crippen LogP contribution >= 0.6 is 0 Å². The zero-order chi connectivity index (χ0) is 10.7. The van der Waals surface area contributed by atoms with Crippen LogP contribution in [-0.4, -0.2) is 17.4 Å². The van der Waals surface area contributed by atoms with Gasteiger partial charge in [0.2, 0.25) is 0 Å². The second kappa shape index (κ2) is 4.09. The van der Waals surface area contributed by atoms with Gasteiger partial charge in [-0.25, -0.2) is 0 Å². The number of pyridine rings is 1. The van der Waals surface area contributed by atoms with Gasteiger partial charge < -0.3 is 4.74 Å². The molecule has 0 amide bonds. The summed E-state index contributed by atoms with van der Waals surface area (Å²) in [5.74, 6) is 0.715. The Labute approximate surface area is 87.7 Å². The molecule has 3 heteroatoms. The van der Waals surface area contributed by atoms with Crippen molar-refractivity contribution in [2.75, 3.05) is 6.61 Å². The lowest BCUT2D eigenvalue weighted by Crippen LogP contribution is -2.06. The monoisotopic (exact) mass is 201 g/mol. The van der Waals surface area contributed by atoms with Gasteiger partial charge in [0.1, 0.15) is 12.4 Å². The van der Waals surface area contributed by atoms with Crippen LogP contribution in [0.2, 0.25) is 0 Å². The number of ether oxygens (including phenoxy) is 1. The zero-order valence-corrected chi connectivity index (χ0v) is 8.43. The Morgan fingerprint density at radius 1 is 1.40 bits per heavy atom. The predicted molar refractivity (Wildman–Crippen MR) is 57.9 cm³/mol. The average Bonchev–Trinajstić information content (AvgIpc) is 2.26. The van der Waals surface area contributed by atoms with Gasteiger partial charge in [-0.3, -0.25) is 9.78 Å². The normalized spacial score (nSPS) is 10.2. The molecule has 0 atom stereocenters. The van der Waals surface area contributed by atoms with E-state index in [9.17, 15) is 4.79 Å². The van der Waals surface area contributed by atoms with Gasteiger partial charge in [0.15, 0.2) is 5.78 Å². The number of carbonyl (C=O) groups excluding carboxylic acids is 1. The number of nitrogens with zero attached hydrogens (tertiary/aromatic N) is 1. The van der Waals surface area contributed by atoms with Crippen molar-refractivity contribution in [3.8, 4) is 5.75 Å². The Bertz CT molecular complexity index is 494. The first-order valence-electron chi connectivity index (χ1n) is 4.73. The molecule has 0 bridgehead atoms. The molecular weight excluding hydrogens is 190 g/mol. The third kappa shape index (κ3) is 2.31. The first-order chi connectivity index (χ1) is 7.25. The number of hydrogen-bond donors (Lipinski definition) is 0. The molecule has 0 N–H and O–H groups in total. The van der Waals surface area contributed by atoms with E-state index in [0.717, 1.165) is 10.9 Å². The number of carbonyl (C=O) groups is 1. The molecule has 0 saturated carbocycles. The van der Waals surface area contributed by atoms with Gasteiger partial charge in [-0.15, -0.1) is 0 Å². The van der Waals surface area contributed by atoms with Gasteiger partial charge in [-0.1, -0.05) is 6.07 Å². The fourth-order valence-corrected chi connectivity index (χ4v) is 1.33. The predicted octanol–water partition coefficient (Wildman–Crippen LogP) is 2.20. The van der Waals surface area contributed by atoms with Crippen molar-refractivity contribution in [3.63, 3.8) is 0 Å². The molecule has 2 rings (SSSR count). The van der Waals surface area contributed by atoms with Crippen molar-refractivity contribution in [2.45, 2.75) is 6.92 Å². The summed E-state index contributed by atoms with van der Waals surface area (Å²) in [5.41, 5.74) is 0.924. The minimum atomic E-state index is 0.0151. The van der Waals surface area contributed by atoms with Crippen LogP contribution in [0.3, 0.4) is 0 Å². The molecule has 0 aliphatic heterocycles. The Balaban J connectivity index is 2.26. The van der Waals surface area contributed by atoms with Crippen molar-refractivity contribution in [3.05, 3.63) is 36.5 Å². The van der Waals surface area contributed by atoms with E-state index in [1.807, 2.05) is 30.3 Å². The fourth-order valence-electron chi connectivity index (χ4n) is 1.33. The van der Waals surface area contributed by atoms with Crippen LogP contribution in [-0.2, 0) is 4.79 Å². The molecule has 0 fully saturated rings. The molecule has 0 aliphatic carbocycles. The molecule has 0 unspecified atom stereocenters. The van der Waals surface area contributed by atoms with E-state index in [2.05, 4.69) is 4.98 Å². The quantitative estimate of drug-likeness (QED) is 0.764. The number of fused-ring (bicyclic) bond motifs is 1. The Morgan fingerprint density at radius 3 is 3.07 bits per heavy atom. The van der Waals surface area contributed by atoms with E-state index in [4.69, 9.17) is 4.74 Å². The highest BCUT2D eigenvalue weighted by Gasteiger charge is 1.99. The molecule has 1 aromatic heterocycles. The summed E-state index contributed by atoms with van der Waals surface area (Å²) in [6, 6.07) is 9.41. The number of rotatable bonds is 3. The molecule has 3 nitrogen and oxygen atoms in total. The van der Waals surface area contributed by atoms with E-state index in [0.29, 0.717) is 5.75 Å². The van der Waals surface area contributed by atoms with Crippen LogP contribution in [0.1, 0.15) is 6.92 Å². The van der Waals surface area contributed by atoms with Crippen molar-refractivity contribution in [1.82, 2.24) is 4.98 Å². The number of hydrogen-bond acceptors (Lipinski definition) is 3. The van der Waals surface area contributed by atoms with Crippen LogP contribution < -0.4 is 4.74 Å². The van der Waals surface area contributed by atoms with E-state index in [1.165, 1.54) is 6.92 Å². The first-order valence-corrected chi connectivity index (χ1v) is 4.73. The lowest BCUT2D eigenvalue weighted by atomic mass is 10.2. The largest absolute Gasteiger partial charge is 0.486 e. The van der Waals surface area contributed by atoms with E-state index in [-0.39, 0.29) is 12.4 Å². The Kier molecular flexibility index (Phi) is 2.63. The summed E-state index contributed by atoms with van der Waals surface area (Å²) < 4.78 is 5.30. The second-order valence-electron chi connectivity index (χ2n) is 3.35. The smallest absolute Gasteiger partial charge is 0.167 e. The van der Waals surface area contributed by atoms with Crippen LogP contribution in [0.25, 0.3) is 10.9 Å². The van der Waals surface area contributed by atoms with E-state index >= 15 is 0 Å². The first kappa shape index (κ1) is 9.65. The molecule has 15 heavy (non-hydrogen) atoms. The average molecular weight is 201 g/mol. The third-order valence-electron chi connectivity index (χ3n) is 2.02. The van der Waals surface area contributed by atoms with E-state index in [1.54, 1.807) is 6.20 Å². The van der Waals surface area contributed by atoms with Gasteiger partial charge in [-0.05, 0) is 31.2 Å². The summed E-state index contributed by atoms with van der Waals surface area (Å²) in [4.78, 5) is 14.9. The molecule has 1 aromatic carbocycles. The van der Waals surface area contributed by atoms with Gasteiger partial charge in [0.25, 0.3) is 0 Å². The van der Waals surface area contributed by atoms with Gasteiger partial charge in [0.05, 0.1) is 5.52 Å². The summed E-state index contributed by atoms with van der Waals surface area (Å²) in [5, 5.41) is 1.01. The third-order valence-corrected chi connectivity index (χ3v) is 2.02. The molecule has 0 radical (unpaired) electrons. The van der Waals surface area contributed by atoms with E-state index < -0.39 is 0 Å². The van der Waals surface area contributed by atoms with Gasteiger partial charge in [-0.2, -0.15) is 0 Å². The van der Waals surface area contributed by atoms with Crippen LogP contribution in [0, 0.1) is 0 Å². The molecule has 0 saturated heterocycles. The summed E-state index contributed by atoms with van der Waals surface area (Å²) in [6.45, 7) is 1.62. The number of ketones is 1. The SMILES string of the molecule is CC(=O)COc1ccc2ncccc2c1. The maximum absolute atomic E-state index is 10.7. The van der Waals surface area contributed by atoms with Crippen LogP contribution in [0.4, 0.5) is 0 Å². The highest BCUT2D eigenvalue weighted by Crippen LogP contribution is 2.18. The Morgan fingerprint density at radius 2 is 2.27 bits per heavy atom. The maximum Gasteiger partial charge on any atom is 0.167 e. The van der Waals surface area contributed by atoms with Gasteiger partial charge >= 0.3 is 0 Å². The van der Waals surface area contributed by atoms with Crippen molar-refractivity contribution in [2.24, 2.45) is 0 Å². The minimum absolute atomic E-state index is 0.0151. The molecular formula is C12H11NO2. The second-order valence-corrected chi connectivity index (χ2v) is 3.35. The molecule has 0 spiro atoms. The topological polar surface area (TPSA) is 39.2 Å². The molecule has 76 valence electrons. The van der Waals surface area contributed by atoms with Gasteiger partial charge in [0, 0.05) is 11.6 Å². The summed E-state index contributed by atoms with van der Waals surface area (Å²) in [6.07, 6.45) is 1.75. The molecule has 0 aliphatic rings. The van der Waals surface area contributed by atoms with Crippen molar-refractivity contribution in [1.29, 1.82) is 0 Å². The zero-order valence-electron chi connectivity index (χ0n) is 8.43. The maximum atomic E-state index is 10.7. The summed E-state index contributed by atoms with van der Waals surface area (Å²) >= 11 is 0. The minimum Gasteiger partial charge on any atom is -0.486 e. The fraction of sp³-hybridized carbons (Fsp3) is 0.167. The van der Waals surface area contributed by atoms with Crippen LogP contribution in [0.15, 0.2) is 36.5 Å². The Hall–Kier alpha value is -1.90. The standard InChI is InChI=1S/C12H11NO2/c1-9(14)8-15-11-4-5-12-10(7-11)3-2-6-13-12/h2-7H,8H2,1H3. The van der Waals surface area contributed by atoms with Crippen LogP contribution in [0.5, 0.6) is 5.75 Å². The number of benzene rings is 1. The highest BCUT2D eigenvalue weighted by molar-refractivity contribution is 5.80. The van der Waals surface area contributed by atoms with Crippen molar-refractivity contribution >= 4 is 16.7 Å². The lowest BCUT2D eigenvalue weighted by molar-refractivity contribution is -0.118. The lowest BCUT2D eigenvalue weighted by Gasteiger charge is -2.04. The van der Waals surface area contributed by atoms with Crippen molar-refractivity contribution < 1.29 is 9.53 Å². The number of Topliss-reactive ketones (excluding diaryl/α,β-unsaturated/α-hetero) is 1. The molecule has 2 aromatic rings. The highest BCUT2D eigenvalue weighted by atomic mass is 16.5. The summed E-state index contributed by atoms with van der Waals surface area (Å²) in [7, 11) is 0.